The summed E-state index contributed by atoms with van der Waals surface area (Å²) in [5.41, 5.74) is 0.897. The van der Waals surface area contributed by atoms with Crippen LogP contribution in [-0.2, 0) is 6.54 Å². The smallest absolute Gasteiger partial charge is 0.165 e. The van der Waals surface area contributed by atoms with Crippen molar-refractivity contribution in [1.82, 2.24) is 10.2 Å². The zero-order chi connectivity index (χ0) is 15.1. The van der Waals surface area contributed by atoms with Crippen LogP contribution in [0, 0.1) is 5.82 Å². The Morgan fingerprint density at radius 1 is 1.38 bits per heavy atom. The van der Waals surface area contributed by atoms with E-state index in [4.69, 9.17) is 4.74 Å². The highest BCUT2D eigenvalue weighted by molar-refractivity contribution is 5.34. The van der Waals surface area contributed by atoms with E-state index >= 15 is 0 Å². The molecule has 1 aromatic rings. The number of nitrogens with one attached hydrogen (secondary N) is 1. The first kappa shape index (κ1) is 16.2. The van der Waals surface area contributed by atoms with E-state index in [0.717, 1.165) is 25.1 Å². The molecule has 0 bridgehead atoms. The number of rotatable bonds is 7. The van der Waals surface area contributed by atoms with Crippen LogP contribution in [0.15, 0.2) is 18.2 Å². The van der Waals surface area contributed by atoms with E-state index in [1.165, 1.54) is 25.3 Å². The van der Waals surface area contributed by atoms with Crippen molar-refractivity contribution >= 4 is 0 Å². The van der Waals surface area contributed by atoms with Gasteiger partial charge in [-0.15, -0.1) is 0 Å². The number of benzene rings is 1. The molecule has 1 aliphatic heterocycles. The number of likely N-dealkylation sites (tertiary alicyclic amines) is 1. The summed E-state index contributed by atoms with van der Waals surface area (Å²) in [6.07, 6.45) is 4.77. The fraction of sp³-hybridized carbons (Fsp3) is 0.647. The number of ether oxygens (including phenoxy) is 1. The summed E-state index contributed by atoms with van der Waals surface area (Å²) in [4.78, 5) is 2.40. The van der Waals surface area contributed by atoms with Crippen LogP contribution in [0.4, 0.5) is 4.39 Å². The lowest BCUT2D eigenvalue weighted by atomic mass is 10.0. The van der Waals surface area contributed by atoms with Crippen LogP contribution < -0.4 is 10.1 Å². The Kier molecular flexibility index (Phi) is 6.46. The topological polar surface area (TPSA) is 24.5 Å². The minimum absolute atomic E-state index is 0.262. The van der Waals surface area contributed by atoms with Crippen LogP contribution in [0.3, 0.4) is 0 Å². The highest BCUT2D eigenvalue weighted by atomic mass is 19.1. The van der Waals surface area contributed by atoms with E-state index in [0.29, 0.717) is 24.9 Å². The Balaban J connectivity index is 1.89. The number of hydrogen-bond acceptors (Lipinski definition) is 3. The second-order valence-electron chi connectivity index (χ2n) is 5.78. The molecule has 4 heteroatoms. The summed E-state index contributed by atoms with van der Waals surface area (Å²) in [5.74, 6) is 0.152. The first-order valence-electron chi connectivity index (χ1n) is 8.03. The fourth-order valence-electron chi connectivity index (χ4n) is 2.92. The molecule has 118 valence electrons. The molecular formula is C17H27FN2O. The molecule has 1 aliphatic rings. The van der Waals surface area contributed by atoms with Gasteiger partial charge < -0.3 is 15.0 Å². The quantitative estimate of drug-likeness (QED) is 0.836. The molecule has 1 heterocycles. The van der Waals surface area contributed by atoms with Gasteiger partial charge >= 0.3 is 0 Å². The van der Waals surface area contributed by atoms with Gasteiger partial charge in [0.05, 0.1) is 6.61 Å². The molecule has 1 N–H and O–H groups in total. The molecule has 1 aromatic carbocycles. The van der Waals surface area contributed by atoms with Crippen molar-refractivity contribution in [3.8, 4) is 5.75 Å². The molecule has 0 saturated carbocycles. The monoisotopic (exact) mass is 294 g/mol. The first-order chi connectivity index (χ1) is 10.2. The number of para-hydroxylation sites is 1. The normalized spacial score (nSPS) is 19.7. The highest BCUT2D eigenvalue weighted by Gasteiger charge is 2.19. The average Bonchev–Trinajstić information content (AvgIpc) is 2.49. The van der Waals surface area contributed by atoms with Crippen molar-refractivity contribution in [2.45, 2.75) is 45.2 Å². The van der Waals surface area contributed by atoms with Gasteiger partial charge in [0.15, 0.2) is 11.6 Å². The molecule has 1 atom stereocenters. The minimum atomic E-state index is -0.262. The molecule has 0 aromatic heterocycles. The Labute approximate surface area is 127 Å². The van der Waals surface area contributed by atoms with Crippen molar-refractivity contribution in [3.63, 3.8) is 0 Å². The Hall–Kier alpha value is -1.13. The second kappa shape index (κ2) is 8.35. The molecule has 1 saturated heterocycles. The molecule has 0 spiro atoms. The zero-order valence-electron chi connectivity index (χ0n) is 13.2. The largest absolute Gasteiger partial charge is 0.490 e. The maximum absolute atomic E-state index is 14.0. The lowest BCUT2D eigenvalue weighted by Crippen LogP contribution is -2.37. The van der Waals surface area contributed by atoms with Gasteiger partial charge in [-0.05, 0) is 45.5 Å². The lowest BCUT2D eigenvalue weighted by molar-refractivity contribution is 0.151. The molecule has 1 fully saturated rings. The van der Waals surface area contributed by atoms with Crippen LogP contribution in [0.25, 0.3) is 0 Å². The summed E-state index contributed by atoms with van der Waals surface area (Å²) >= 11 is 0. The molecule has 2 rings (SSSR count). The number of piperidine rings is 1. The predicted octanol–water partition coefficient (Wildman–Crippen LogP) is 3.19. The number of halogens is 1. The summed E-state index contributed by atoms with van der Waals surface area (Å²) in [6, 6.07) is 5.71. The van der Waals surface area contributed by atoms with Crippen molar-refractivity contribution in [1.29, 1.82) is 0 Å². The van der Waals surface area contributed by atoms with Gasteiger partial charge in [0.2, 0.25) is 0 Å². The number of nitrogens with zero attached hydrogens (tertiary/aromatic N) is 1. The second-order valence-corrected chi connectivity index (χ2v) is 5.78. The van der Waals surface area contributed by atoms with E-state index in [1.807, 2.05) is 13.0 Å². The van der Waals surface area contributed by atoms with E-state index in [2.05, 4.69) is 17.3 Å². The van der Waals surface area contributed by atoms with Crippen molar-refractivity contribution in [3.05, 3.63) is 29.6 Å². The molecule has 0 aliphatic carbocycles. The van der Waals surface area contributed by atoms with Crippen molar-refractivity contribution < 1.29 is 9.13 Å². The van der Waals surface area contributed by atoms with E-state index in [9.17, 15) is 4.39 Å². The van der Waals surface area contributed by atoms with Gasteiger partial charge in [-0.3, -0.25) is 0 Å². The van der Waals surface area contributed by atoms with Crippen LogP contribution in [0.5, 0.6) is 5.75 Å². The summed E-state index contributed by atoms with van der Waals surface area (Å²) in [5, 5.41) is 3.22. The van der Waals surface area contributed by atoms with E-state index < -0.39 is 0 Å². The lowest BCUT2D eigenvalue weighted by Gasteiger charge is -2.32. The Bertz CT molecular complexity index is 439. The molecule has 21 heavy (non-hydrogen) atoms. The maximum Gasteiger partial charge on any atom is 0.165 e. The first-order valence-corrected chi connectivity index (χ1v) is 8.03. The van der Waals surface area contributed by atoms with Crippen LogP contribution >= 0.6 is 0 Å². The molecule has 0 radical (unpaired) electrons. The minimum Gasteiger partial charge on any atom is -0.490 e. The van der Waals surface area contributed by atoms with Gasteiger partial charge in [0, 0.05) is 18.2 Å². The average molecular weight is 294 g/mol. The van der Waals surface area contributed by atoms with Gasteiger partial charge in [-0.2, -0.15) is 0 Å². The van der Waals surface area contributed by atoms with Gasteiger partial charge in [0.25, 0.3) is 0 Å². The zero-order valence-corrected chi connectivity index (χ0v) is 13.2. The standard InChI is InChI=1S/C17H27FN2O/c1-3-19-13-14-7-6-9-16(18)17(14)21-12-10-15-8-4-5-11-20(15)2/h6-7,9,15,19H,3-5,8,10-13H2,1-2H3. The van der Waals surface area contributed by atoms with Gasteiger partial charge in [-0.1, -0.05) is 25.5 Å². The predicted molar refractivity (Wildman–Crippen MR) is 84.2 cm³/mol. The maximum atomic E-state index is 14.0. The Morgan fingerprint density at radius 3 is 3.00 bits per heavy atom. The third-order valence-electron chi connectivity index (χ3n) is 4.23. The third-order valence-corrected chi connectivity index (χ3v) is 4.23. The van der Waals surface area contributed by atoms with E-state index in [1.54, 1.807) is 6.07 Å². The summed E-state index contributed by atoms with van der Waals surface area (Å²) < 4.78 is 19.7. The molecular weight excluding hydrogens is 267 g/mol. The summed E-state index contributed by atoms with van der Waals surface area (Å²) in [6.45, 7) is 5.29. The van der Waals surface area contributed by atoms with Crippen molar-refractivity contribution in [2.24, 2.45) is 0 Å². The summed E-state index contributed by atoms with van der Waals surface area (Å²) in [7, 11) is 2.17. The highest BCUT2D eigenvalue weighted by Crippen LogP contribution is 2.24. The van der Waals surface area contributed by atoms with Crippen LogP contribution in [0.2, 0.25) is 0 Å². The molecule has 0 amide bonds. The SMILES string of the molecule is CCNCc1cccc(F)c1OCCC1CCCCN1C. The van der Waals surface area contributed by atoms with Gasteiger partial charge in [-0.25, -0.2) is 4.39 Å². The van der Waals surface area contributed by atoms with E-state index in [-0.39, 0.29) is 5.82 Å². The third kappa shape index (κ3) is 4.68. The van der Waals surface area contributed by atoms with Crippen LogP contribution in [0.1, 0.15) is 38.2 Å². The molecule has 3 nitrogen and oxygen atoms in total. The van der Waals surface area contributed by atoms with Crippen LogP contribution in [-0.4, -0.2) is 37.7 Å². The van der Waals surface area contributed by atoms with Gasteiger partial charge in [0.1, 0.15) is 0 Å². The number of hydrogen-bond donors (Lipinski definition) is 1. The Morgan fingerprint density at radius 2 is 2.24 bits per heavy atom. The van der Waals surface area contributed by atoms with Crippen molar-refractivity contribution in [2.75, 3.05) is 26.7 Å². The molecule has 1 unspecified atom stereocenters. The fourth-order valence-corrected chi connectivity index (χ4v) is 2.92.